The second-order valence-electron chi connectivity index (χ2n) is 4.53. The third-order valence-corrected chi connectivity index (χ3v) is 3.29. The molecule has 0 radical (unpaired) electrons. The lowest BCUT2D eigenvalue weighted by atomic mass is 10.1. The van der Waals surface area contributed by atoms with Crippen LogP contribution >= 0.6 is 11.6 Å². The van der Waals surface area contributed by atoms with E-state index in [0.29, 0.717) is 18.0 Å². The third-order valence-electron chi connectivity index (χ3n) is 2.92. The Bertz CT molecular complexity index is 563. The van der Waals surface area contributed by atoms with Crippen LogP contribution in [0.25, 0.3) is 0 Å². The molecule has 0 aliphatic rings. The molecule has 1 N–H and O–H groups in total. The van der Waals surface area contributed by atoms with Crippen molar-refractivity contribution < 1.29 is 4.79 Å². The molecule has 19 heavy (non-hydrogen) atoms. The van der Waals surface area contributed by atoms with Crippen LogP contribution in [0.1, 0.15) is 16.7 Å². The van der Waals surface area contributed by atoms with E-state index in [4.69, 9.17) is 11.6 Å². The number of rotatable bonds is 4. The maximum Gasteiger partial charge on any atom is 0.224 e. The molecule has 0 spiro atoms. The molecule has 0 saturated heterocycles. The molecule has 3 heteroatoms. The highest BCUT2D eigenvalue weighted by Gasteiger charge is 2.04. The Labute approximate surface area is 118 Å². The summed E-state index contributed by atoms with van der Waals surface area (Å²) in [5, 5.41) is 3.56. The largest absolute Gasteiger partial charge is 0.352 e. The normalized spacial score (nSPS) is 10.2. The second-order valence-corrected chi connectivity index (χ2v) is 4.94. The zero-order valence-electron chi connectivity index (χ0n) is 10.8. The lowest BCUT2D eigenvalue weighted by molar-refractivity contribution is -0.120. The maximum atomic E-state index is 11.8. The van der Waals surface area contributed by atoms with E-state index in [-0.39, 0.29) is 5.91 Å². The SMILES string of the molecule is Cc1ccc(CC(=O)NCc2ccccc2Cl)cc1. The summed E-state index contributed by atoms with van der Waals surface area (Å²) in [6, 6.07) is 15.5. The Morgan fingerprint density at radius 1 is 1.11 bits per heavy atom. The van der Waals surface area contributed by atoms with Crippen LogP contribution in [0.3, 0.4) is 0 Å². The van der Waals surface area contributed by atoms with Gasteiger partial charge in [0.25, 0.3) is 0 Å². The van der Waals surface area contributed by atoms with E-state index in [1.165, 1.54) is 5.56 Å². The Balaban J connectivity index is 1.88. The van der Waals surface area contributed by atoms with Crippen LogP contribution < -0.4 is 5.32 Å². The van der Waals surface area contributed by atoms with Crippen molar-refractivity contribution in [3.63, 3.8) is 0 Å². The van der Waals surface area contributed by atoms with Crippen molar-refractivity contribution in [3.8, 4) is 0 Å². The number of amides is 1. The van der Waals surface area contributed by atoms with Gasteiger partial charge < -0.3 is 5.32 Å². The summed E-state index contributed by atoms with van der Waals surface area (Å²) < 4.78 is 0. The molecule has 0 fully saturated rings. The predicted molar refractivity (Wildman–Crippen MR) is 78.2 cm³/mol. The monoisotopic (exact) mass is 273 g/mol. The van der Waals surface area contributed by atoms with Crippen molar-refractivity contribution in [2.45, 2.75) is 19.9 Å². The third kappa shape index (κ3) is 4.11. The molecule has 1 amide bonds. The summed E-state index contributed by atoms with van der Waals surface area (Å²) in [4.78, 5) is 11.8. The Hall–Kier alpha value is -1.80. The van der Waals surface area contributed by atoms with Crippen LogP contribution in [0.2, 0.25) is 5.02 Å². The summed E-state index contributed by atoms with van der Waals surface area (Å²) in [5.41, 5.74) is 3.14. The van der Waals surface area contributed by atoms with Crippen LogP contribution in [-0.2, 0) is 17.8 Å². The second kappa shape index (κ2) is 6.39. The van der Waals surface area contributed by atoms with Crippen molar-refractivity contribution in [2.24, 2.45) is 0 Å². The molecule has 0 saturated carbocycles. The molecule has 0 aliphatic carbocycles. The summed E-state index contributed by atoms with van der Waals surface area (Å²) in [6.07, 6.45) is 0.394. The molecular weight excluding hydrogens is 258 g/mol. The average molecular weight is 274 g/mol. The molecule has 0 atom stereocenters. The number of hydrogen-bond donors (Lipinski definition) is 1. The lowest BCUT2D eigenvalue weighted by Crippen LogP contribution is -2.24. The van der Waals surface area contributed by atoms with Gasteiger partial charge in [-0.2, -0.15) is 0 Å². The van der Waals surface area contributed by atoms with Gasteiger partial charge >= 0.3 is 0 Å². The highest BCUT2D eigenvalue weighted by Crippen LogP contribution is 2.14. The van der Waals surface area contributed by atoms with Gasteiger partial charge in [-0.25, -0.2) is 0 Å². The van der Waals surface area contributed by atoms with Gasteiger partial charge in [0.2, 0.25) is 5.91 Å². The van der Waals surface area contributed by atoms with Crippen LogP contribution in [0.5, 0.6) is 0 Å². The first-order valence-electron chi connectivity index (χ1n) is 6.21. The first-order chi connectivity index (χ1) is 9.15. The molecule has 2 aromatic carbocycles. The van der Waals surface area contributed by atoms with Gasteiger partial charge in [0.05, 0.1) is 6.42 Å². The quantitative estimate of drug-likeness (QED) is 0.907. The topological polar surface area (TPSA) is 29.1 Å². The molecule has 0 unspecified atom stereocenters. The van der Waals surface area contributed by atoms with Gasteiger partial charge in [-0.05, 0) is 24.1 Å². The average Bonchev–Trinajstić information content (AvgIpc) is 2.40. The zero-order valence-corrected chi connectivity index (χ0v) is 11.6. The highest BCUT2D eigenvalue weighted by molar-refractivity contribution is 6.31. The van der Waals surface area contributed by atoms with Crippen molar-refractivity contribution in [3.05, 3.63) is 70.2 Å². The van der Waals surface area contributed by atoms with E-state index in [9.17, 15) is 4.79 Å². The minimum absolute atomic E-state index is 0.00349. The summed E-state index contributed by atoms with van der Waals surface area (Å²) >= 11 is 6.03. The zero-order chi connectivity index (χ0) is 13.7. The van der Waals surface area contributed by atoms with E-state index >= 15 is 0 Å². The van der Waals surface area contributed by atoms with Gasteiger partial charge in [-0.1, -0.05) is 59.6 Å². The van der Waals surface area contributed by atoms with Crippen LogP contribution in [0, 0.1) is 6.92 Å². The van der Waals surface area contributed by atoms with Crippen molar-refractivity contribution in [1.82, 2.24) is 5.32 Å². The molecule has 2 nitrogen and oxygen atoms in total. The molecule has 0 aromatic heterocycles. The highest BCUT2D eigenvalue weighted by atomic mass is 35.5. The molecule has 98 valence electrons. The smallest absolute Gasteiger partial charge is 0.224 e. The number of halogens is 1. The van der Waals surface area contributed by atoms with Crippen LogP contribution in [-0.4, -0.2) is 5.91 Å². The minimum Gasteiger partial charge on any atom is -0.352 e. The molecule has 2 aromatic rings. The molecule has 0 bridgehead atoms. The van der Waals surface area contributed by atoms with Crippen molar-refractivity contribution in [1.29, 1.82) is 0 Å². The Morgan fingerprint density at radius 2 is 1.79 bits per heavy atom. The number of carbonyl (C=O) groups excluding carboxylic acids is 1. The number of hydrogen-bond acceptors (Lipinski definition) is 1. The van der Waals surface area contributed by atoms with Gasteiger partial charge in [0, 0.05) is 11.6 Å². The van der Waals surface area contributed by atoms with E-state index in [1.54, 1.807) is 0 Å². The number of aryl methyl sites for hydroxylation is 1. The van der Waals surface area contributed by atoms with Gasteiger partial charge in [-0.15, -0.1) is 0 Å². The number of nitrogens with one attached hydrogen (secondary N) is 1. The van der Waals surface area contributed by atoms with E-state index < -0.39 is 0 Å². The molecular formula is C16H16ClNO. The van der Waals surface area contributed by atoms with Gasteiger partial charge in [0.15, 0.2) is 0 Å². The molecule has 2 rings (SSSR count). The Kier molecular flexibility index (Phi) is 4.58. The van der Waals surface area contributed by atoms with Crippen molar-refractivity contribution >= 4 is 17.5 Å². The van der Waals surface area contributed by atoms with Gasteiger partial charge in [0.1, 0.15) is 0 Å². The van der Waals surface area contributed by atoms with E-state index in [0.717, 1.165) is 11.1 Å². The first-order valence-corrected chi connectivity index (χ1v) is 6.58. The molecule has 0 aliphatic heterocycles. The first kappa shape index (κ1) is 13.6. The predicted octanol–water partition coefficient (Wildman–Crippen LogP) is 3.51. The summed E-state index contributed by atoms with van der Waals surface area (Å²) in [5.74, 6) is 0.00349. The fourth-order valence-corrected chi connectivity index (χ4v) is 1.99. The number of carbonyl (C=O) groups is 1. The van der Waals surface area contributed by atoms with Crippen LogP contribution in [0.15, 0.2) is 48.5 Å². The van der Waals surface area contributed by atoms with Gasteiger partial charge in [-0.3, -0.25) is 4.79 Å². The maximum absolute atomic E-state index is 11.8. The van der Waals surface area contributed by atoms with E-state index in [1.807, 2.05) is 55.5 Å². The summed E-state index contributed by atoms with van der Waals surface area (Å²) in [6.45, 7) is 2.49. The van der Waals surface area contributed by atoms with E-state index in [2.05, 4.69) is 5.32 Å². The molecule has 0 heterocycles. The number of benzene rings is 2. The minimum atomic E-state index is 0.00349. The standard InChI is InChI=1S/C16H16ClNO/c1-12-6-8-13(9-7-12)10-16(19)18-11-14-4-2-3-5-15(14)17/h2-9H,10-11H2,1H3,(H,18,19). The van der Waals surface area contributed by atoms with Crippen molar-refractivity contribution in [2.75, 3.05) is 0 Å². The summed E-state index contributed by atoms with van der Waals surface area (Å²) in [7, 11) is 0. The fourth-order valence-electron chi connectivity index (χ4n) is 1.79. The fraction of sp³-hybridized carbons (Fsp3) is 0.188. The Morgan fingerprint density at radius 3 is 2.47 bits per heavy atom. The lowest BCUT2D eigenvalue weighted by Gasteiger charge is -2.07. The van der Waals surface area contributed by atoms with Crippen LogP contribution in [0.4, 0.5) is 0 Å².